The largest absolute Gasteiger partial charge is 0.330 e. The molecule has 106 valence electrons. The Morgan fingerprint density at radius 2 is 1.84 bits per heavy atom. The van der Waals surface area contributed by atoms with Gasteiger partial charge in [-0.2, -0.15) is 0 Å². The summed E-state index contributed by atoms with van der Waals surface area (Å²) in [7, 11) is -3.21. The van der Waals surface area contributed by atoms with Crippen molar-refractivity contribution in [3.8, 4) is 0 Å². The number of hydrogen-bond acceptors (Lipinski definition) is 3. The topological polar surface area (TPSA) is 60.2 Å². The number of sulfone groups is 1. The first-order valence-electron chi connectivity index (χ1n) is 6.90. The zero-order chi connectivity index (χ0) is 14.1. The Bertz CT molecular complexity index is 558. The van der Waals surface area contributed by atoms with Crippen molar-refractivity contribution in [2.45, 2.75) is 49.3 Å². The highest BCUT2D eigenvalue weighted by Gasteiger charge is 2.36. The first kappa shape index (κ1) is 14.5. The third-order valence-corrected chi connectivity index (χ3v) is 5.45. The second-order valence-electron chi connectivity index (χ2n) is 5.82. The van der Waals surface area contributed by atoms with Crippen LogP contribution in [-0.2, 0) is 15.3 Å². The highest BCUT2D eigenvalue weighted by atomic mass is 32.2. The van der Waals surface area contributed by atoms with Crippen molar-refractivity contribution in [3.05, 3.63) is 29.3 Å². The molecule has 1 aromatic carbocycles. The van der Waals surface area contributed by atoms with Gasteiger partial charge in [-0.1, -0.05) is 31.4 Å². The minimum absolute atomic E-state index is 0.148. The van der Waals surface area contributed by atoms with E-state index in [-0.39, 0.29) is 5.41 Å². The summed E-state index contributed by atoms with van der Waals surface area (Å²) in [4.78, 5) is 0.472. The van der Waals surface area contributed by atoms with Gasteiger partial charge in [0.05, 0.1) is 4.90 Å². The van der Waals surface area contributed by atoms with Gasteiger partial charge in [-0.3, -0.25) is 0 Å². The molecule has 1 aliphatic carbocycles. The second kappa shape index (κ2) is 5.25. The van der Waals surface area contributed by atoms with Crippen molar-refractivity contribution in [3.63, 3.8) is 0 Å². The Kier molecular flexibility index (Phi) is 4.02. The summed E-state index contributed by atoms with van der Waals surface area (Å²) in [5.74, 6) is 0. The molecule has 0 heterocycles. The third-order valence-electron chi connectivity index (χ3n) is 4.31. The molecule has 0 atom stereocenters. The molecule has 4 heteroatoms. The molecule has 0 radical (unpaired) electrons. The number of benzene rings is 1. The Hall–Kier alpha value is -0.870. The van der Waals surface area contributed by atoms with E-state index in [9.17, 15) is 8.42 Å². The van der Waals surface area contributed by atoms with Crippen LogP contribution in [0.15, 0.2) is 23.1 Å². The van der Waals surface area contributed by atoms with Crippen LogP contribution in [0, 0.1) is 6.92 Å². The van der Waals surface area contributed by atoms with Crippen LogP contribution in [0.25, 0.3) is 0 Å². The lowest BCUT2D eigenvalue weighted by atomic mass is 9.69. The van der Waals surface area contributed by atoms with Crippen molar-refractivity contribution < 1.29 is 8.42 Å². The van der Waals surface area contributed by atoms with Crippen molar-refractivity contribution in [2.75, 3.05) is 12.8 Å². The Balaban J connectivity index is 2.60. The zero-order valence-electron chi connectivity index (χ0n) is 11.8. The average Bonchev–Trinajstić information content (AvgIpc) is 2.38. The monoisotopic (exact) mass is 281 g/mol. The lowest BCUT2D eigenvalue weighted by Gasteiger charge is -2.38. The third kappa shape index (κ3) is 2.84. The number of aryl methyl sites for hydroxylation is 1. The summed E-state index contributed by atoms with van der Waals surface area (Å²) in [6.45, 7) is 2.45. The fourth-order valence-corrected chi connectivity index (χ4v) is 4.27. The summed E-state index contributed by atoms with van der Waals surface area (Å²) >= 11 is 0. The highest BCUT2D eigenvalue weighted by molar-refractivity contribution is 7.90. The van der Waals surface area contributed by atoms with Crippen LogP contribution in [0.1, 0.15) is 43.2 Å². The van der Waals surface area contributed by atoms with Gasteiger partial charge in [-0.25, -0.2) is 8.42 Å². The second-order valence-corrected chi connectivity index (χ2v) is 7.80. The van der Waals surface area contributed by atoms with E-state index in [1.54, 1.807) is 6.07 Å². The smallest absolute Gasteiger partial charge is 0.175 e. The Morgan fingerprint density at radius 1 is 1.21 bits per heavy atom. The van der Waals surface area contributed by atoms with E-state index in [0.717, 1.165) is 36.8 Å². The predicted molar refractivity (Wildman–Crippen MR) is 78.1 cm³/mol. The molecule has 1 fully saturated rings. The van der Waals surface area contributed by atoms with Crippen molar-refractivity contribution in [2.24, 2.45) is 5.73 Å². The van der Waals surface area contributed by atoms with E-state index in [4.69, 9.17) is 5.73 Å². The van der Waals surface area contributed by atoms with Gasteiger partial charge in [0.15, 0.2) is 9.84 Å². The Morgan fingerprint density at radius 3 is 2.37 bits per heavy atom. The van der Waals surface area contributed by atoms with E-state index >= 15 is 0 Å². The van der Waals surface area contributed by atoms with Crippen LogP contribution in [0.2, 0.25) is 0 Å². The van der Waals surface area contributed by atoms with E-state index in [2.05, 4.69) is 0 Å². The number of nitrogens with two attached hydrogens (primary N) is 1. The molecule has 19 heavy (non-hydrogen) atoms. The van der Waals surface area contributed by atoms with E-state index in [1.807, 2.05) is 19.1 Å². The molecule has 0 aliphatic heterocycles. The van der Waals surface area contributed by atoms with Crippen molar-refractivity contribution >= 4 is 9.84 Å². The lowest BCUT2D eigenvalue weighted by Crippen LogP contribution is -2.38. The van der Waals surface area contributed by atoms with Crippen molar-refractivity contribution in [1.29, 1.82) is 0 Å². The fourth-order valence-electron chi connectivity index (χ4n) is 3.19. The maximum absolute atomic E-state index is 12.1. The molecular weight excluding hydrogens is 258 g/mol. The summed E-state index contributed by atoms with van der Waals surface area (Å²) in [5.41, 5.74) is 7.79. The average molecular weight is 281 g/mol. The molecule has 1 aliphatic rings. The molecule has 2 N–H and O–H groups in total. The van der Waals surface area contributed by atoms with E-state index < -0.39 is 9.84 Å². The highest BCUT2D eigenvalue weighted by Crippen LogP contribution is 2.41. The van der Waals surface area contributed by atoms with Gasteiger partial charge in [0.25, 0.3) is 0 Å². The molecule has 0 unspecified atom stereocenters. The minimum Gasteiger partial charge on any atom is -0.330 e. The maximum Gasteiger partial charge on any atom is 0.175 e. The quantitative estimate of drug-likeness (QED) is 0.926. The molecule has 2 rings (SSSR count). The molecule has 1 saturated carbocycles. The van der Waals surface area contributed by atoms with Crippen LogP contribution in [0.5, 0.6) is 0 Å². The van der Waals surface area contributed by atoms with Crippen LogP contribution in [0.3, 0.4) is 0 Å². The van der Waals surface area contributed by atoms with Gasteiger partial charge in [-0.05, 0) is 37.0 Å². The zero-order valence-corrected chi connectivity index (χ0v) is 12.6. The van der Waals surface area contributed by atoms with Crippen molar-refractivity contribution in [1.82, 2.24) is 0 Å². The molecule has 0 bridgehead atoms. The van der Waals surface area contributed by atoms with E-state index in [1.165, 1.54) is 12.7 Å². The van der Waals surface area contributed by atoms with Crippen LogP contribution < -0.4 is 5.73 Å². The molecule has 0 spiro atoms. The van der Waals surface area contributed by atoms with Gasteiger partial charge < -0.3 is 5.73 Å². The summed E-state index contributed by atoms with van der Waals surface area (Å²) in [5, 5.41) is 0. The van der Waals surface area contributed by atoms with Gasteiger partial charge in [0.1, 0.15) is 0 Å². The summed E-state index contributed by atoms with van der Waals surface area (Å²) in [6.07, 6.45) is 6.77. The first-order chi connectivity index (χ1) is 8.89. The van der Waals surface area contributed by atoms with E-state index in [0.29, 0.717) is 11.4 Å². The lowest BCUT2D eigenvalue weighted by molar-refractivity contribution is 0.296. The van der Waals surface area contributed by atoms with Gasteiger partial charge >= 0.3 is 0 Å². The molecule has 3 nitrogen and oxygen atoms in total. The van der Waals surface area contributed by atoms with Crippen LogP contribution in [0.4, 0.5) is 0 Å². The van der Waals surface area contributed by atoms with Gasteiger partial charge in [0, 0.05) is 18.2 Å². The van der Waals surface area contributed by atoms with Crippen LogP contribution in [-0.4, -0.2) is 21.2 Å². The van der Waals surface area contributed by atoms with Gasteiger partial charge in [0.2, 0.25) is 0 Å². The predicted octanol–water partition coefficient (Wildman–Crippen LogP) is 2.56. The van der Waals surface area contributed by atoms with Crippen LogP contribution >= 0.6 is 0 Å². The molecular formula is C15H23NO2S. The maximum atomic E-state index is 12.1. The summed E-state index contributed by atoms with van der Waals surface area (Å²) < 4.78 is 24.1. The number of hydrogen-bond donors (Lipinski definition) is 1. The Labute approximate surface area is 116 Å². The first-order valence-corrected chi connectivity index (χ1v) is 8.79. The molecule has 0 aromatic heterocycles. The fraction of sp³-hybridized carbons (Fsp3) is 0.600. The molecule has 1 aromatic rings. The number of rotatable bonds is 3. The SMILES string of the molecule is Cc1ccc(C2(CN)CCCCC2)c(S(C)(=O)=O)c1. The standard InChI is InChI=1S/C15H23NO2S/c1-12-6-7-13(14(10-12)19(2,17)18)15(11-16)8-4-3-5-9-15/h6-7,10H,3-5,8-9,11,16H2,1-2H3. The molecule has 0 saturated heterocycles. The normalized spacial score (nSPS) is 19.3. The minimum atomic E-state index is -3.21. The van der Waals surface area contributed by atoms with Gasteiger partial charge in [-0.15, -0.1) is 0 Å². The summed E-state index contributed by atoms with van der Waals surface area (Å²) in [6, 6.07) is 5.76. The molecule has 0 amide bonds.